The zero-order valence-corrected chi connectivity index (χ0v) is 21.7. The second-order valence-electron chi connectivity index (χ2n) is 7.74. The van der Waals surface area contributed by atoms with Crippen molar-refractivity contribution in [1.29, 1.82) is 0 Å². The van der Waals surface area contributed by atoms with Crippen molar-refractivity contribution in [3.8, 4) is 5.75 Å². The molecule has 0 unspecified atom stereocenters. The lowest BCUT2D eigenvalue weighted by Gasteiger charge is -2.37. The van der Waals surface area contributed by atoms with Gasteiger partial charge in [-0.1, -0.05) is 18.2 Å². The summed E-state index contributed by atoms with van der Waals surface area (Å²) in [5, 5.41) is 3.42. The van der Waals surface area contributed by atoms with Crippen LogP contribution in [0.5, 0.6) is 5.75 Å². The lowest BCUT2D eigenvalue weighted by Crippen LogP contribution is -2.52. The number of carbonyl (C=O) groups is 1. The Morgan fingerprint density at radius 2 is 1.78 bits per heavy atom. The predicted octanol–water partition coefficient (Wildman–Crippen LogP) is 3.30. The lowest BCUT2D eigenvalue weighted by atomic mass is 10.1. The number of methoxy groups -OCH3 is 1. The molecule has 0 aliphatic carbocycles. The van der Waals surface area contributed by atoms with Crippen molar-refractivity contribution in [3.05, 3.63) is 59.7 Å². The highest BCUT2D eigenvalue weighted by atomic mass is 127. The third kappa shape index (κ3) is 6.75. The molecule has 2 aromatic rings. The molecule has 1 fully saturated rings. The Balaban J connectivity index is 0.00000363. The van der Waals surface area contributed by atoms with Gasteiger partial charge in [-0.3, -0.25) is 4.79 Å². The number of piperazine rings is 1. The second kappa shape index (κ2) is 12.5. The Kier molecular flexibility index (Phi) is 10.1. The van der Waals surface area contributed by atoms with Crippen LogP contribution < -0.4 is 15.0 Å². The van der Waals surface area contributed by atoms with E-state index in [4.69, 9.17) is 9.73 Å². The number of halogens is 1. The zero-order chi connectivity index (χ0) is 22.2. The molecule has 0 spiro atoms. The van der Waals surface area contributed by atoms with Crippen LogP contribution in [0, 0.1) is 0 Å². The highest BCUT2D eigenvalue weighted by molar-refractivity contribution is 14.0. The molecule has 0 radical (unpaired) electrons. The molecule has 1 N–H and O–H groups in total. The predicted molar refractivity (Wildman–Crippen MR) is 141 cm³/mol. The van der Waals surface area contributed by atoms with Crippen LogP contribution in [0.4, 0.5) is 5.69 Å². The fraction of sp³-hybridized carbons (Fsp3) is 0.417. The zero-order valence-electron chi connectivity index (χ0n) is 19.4. The van der Waals surface area contributed by atoms with Crippen molar-refractivity contribution in [2.24, 2.45) is 4.99 Å². The molecule has 3 rings (SSSR count). The topological polar surface area (TPSA) is 60.4 Å². The Hall–Kier alpha value is -2.49. The minimum atomic E-state index is 0. The van der Waals surface area contributed by atoms with Crippen molar-refractivity contribution >= 4 is 41.5 Å². The first-order valence-electron chi connectivity index (χ1n) is 10.7. The summed E-state index contributed by atoms with van der Waals surface area (Å²) < 4.78 is 5.36. The van der Waals surface area contributed by atoms with Crippen LogP contribution in [0.2, 0.25) is 0 Å². The number of rotatable bonds is 6. The van der Waals surface area contributed by atoms with Crippen molar-refractivity contribution in [3.63, 3.8) is 0 Å². The summed E-state index contributed by atoms with van der Waals surface area (Å²) >= 11 is 0. The summed E-state index contributed by atoms with van der Waals surface area (Å²) in [6.45, 7) is 7.15. The van der Waals surface area contributed by atoms with E-state index in [-0.39, 0.29) is 29.9 Å². The molecule has 0 atom stereocenters. The SMILES string of the molecule is CCNC(=NCc1ccc(C(=O)N(C)C)cc1)N1CCN(c2cccc(OC)c2)CC1.I. The summed E-state index contributed by atoms with van der Waals surface area (Å²) in [6, 6.07) is 15.9. The number of hydrogen-bond donors (Lipinski definition) is 1. The van der Waals surface area contributed by atoms with E-state index in [1.165, 1.54) is 5.69 Å². The average molecular weight is 551 g/mol. The van der Waals surface area contributed by atoms with Gasteiger partial charge in [-0.05, 0) is 36.8 Å². The molecule has 0 bridgehead atoms. The maximum absolute atomic E-state index is 12.0. The Labute approximate surface area is 208 Å². The first-order chi connectivity index (χ1) is 15.0. The molecule has 1 heterocycles. The van der Waals surface area contributed by atoms with Gasteiger partial charge in [0.1, 0.15) is 5.75 Å². The Morgan fingerprint density at radius 3 is 2.38 bits per heavy atom. The number of nitrogens with one attached hydrogen (secondary N) is 1. The maximum Gasteiger partial charge on any atom is 0.253 e. The molecule has 1 aliphatic heterocycles. The third-order valence-corrected chi connectivity index (χ3v) is 5.35. The van der Waals surface area contributed by atoms with Crippen LogP contribution in [-0.4, -0.2) is 75.6 Å². The minimum absolute atomic E-state index is 0. The fourth-order valence-electron chi connectivity index (χ4n) is 3.59. The smallest absolute Gasteiger partial charge is 0.253 e. The number of benzene rings is 2. The van der Waals surface area contributed by atoms with Gasteiger partial charge in [0.25, 0.3) is 5.91 Å². The van der Waals surface area contributed by atoms with Crippen LogP contribution in [0.3, 0.4) is 0 Å². The van der Waals surface area contributed by atoms with Crippen molar-refractivity contribution in [1.82, 2.24) is 15.1 Å². The van der Waals surface area contributed by atoms with E-state index < -0.39 is 0 Å². The molecule has 32 heavy (non-hydrogen) atoms. The van der Waals surface area contributed by atoms with E-state index in [0.717, 1.165) is 50.0 Å². The van der Waals surface area contributed by atoms with Crippen LogP contribution in [0.15, 0.2) is 53.5 Å². The van der Waals surface area contributed by atoms with E-state index in [0.29, 0.717) is 12.1 Å². The molecule has 174 valence electrons. The Morgan fingerprint density at radius 1 is 1.09 bits per heavy atom. The van der Waals surface area contributed by atoms with Gasteiger partial charge in [0.15, 0.2) is 5.96 Å². The largest absolute Gasteiger partial charge is 0.497 e. The van der Waals surface area contributed by atoms with Crippen molar-refractivity contribution in [2.75, 3.05) is 58.8 Å². The number of guanidine groups is 1. The molecule has 1 saturated heterocycles. The van der Waals surface area contributed by atoms with Crippen LogP contribution in [-0.2, 0) is 6.54 Å². The fourth-order valence-corrected chi connectivity index (χ4v) is 3.59. The third-order valence-electron chi connectivity index (χ3n) is 5.35. The highest BCUT2D eigenvalue weighted by Crippen LogP contribution is 2.22. The molecule has 0 aromatic heterocycles. The first-order valence-corrected chi connectivity index (χ1v) is 10.7. The molecular weight excluding hydrogens is 517 g/mol. The van der Waals surface area contributed by atoms with Gasteiger partial charge in [-0.15, -0.1) is 24.0 Å². The molecule has 8 heteroatoms. The molecule has 1 aliphatic rings. The highest BCUT2D eigenvalue weighted by Gasteiger charge is 2.20. The molecule has 1 amide bonds. The van der Waals surface area contributed by atoms with E-state index in [2.05, 4.69) is 34.2 Å². The van der Waals surface area contributed by atoms with Gasteiger partial charge in [-0.2, -0.15) is 0 Å². The minimum Gasteiger partial charge on any atom is -0.497 e. The normalized spacial score (nSPS) is 13.9. The van der Waals surface area contributed by atoms with Crippen LogP contribution in [0.25, 0.3) is 0 Å². The summed E-state index contributed by atoms with van der Waals surface area (Å²) in [7, 11) is 5.22. The van der Waals surface area contributed by atoms with E-state index >= 15 is 0 Å². The first kappa shape index (κ1) is 25.8. The van der Waals surface area contributed by atoms with Gasteiger partial charge >= 0.3 is 0 Å². The van der Waals surface area contributed by atoms with Gasteiger partial charge in [-0.25, -0.2) is 4.99 Å². The quantitative estimate of drug-likeness (QED) is 0.339. The van der Waals surface area contributed by atoms with Gasteiger partial charge in [0.05, 0.1) is 13.7 Å². The van der Waals surface area contributed by atoms with Crippen LogP contribution in [0.1, 0.15) is 22.8 Å². The van der Waals surface area contributed by atoms with Crippen molar-refractivity contribution < 1.29 is 9.53 Å². The van der Waals surface area contributed by atoms with Crippen LogP contribution >= 0.6 is 24.0 Å². The monoisotopic (exact) mass is 551 g/mol. The van der Waals surface area contributed by atoms with Crippen molar-refractivity contribution in [2.45, 2.75) is 13.5 Å². The van der Waals surface area contributed by atoms with Gasteiger partial charge in [0, 0.05) is 64.1 Å². The summed E-state index contributed by atoms with van der Waals surface area (Å²) in [5.74, 6) is 1.83. The standard InChI is InChI=1S/C24H33N5O2.HI/c1-5-25-24(26-18-19-9-11-20(12-10-19)23(30)27(2)3)29-15-13-28(14-16-29)21-7-6-8-22(17-21)31-4;/h6-12,17H,5,13-16,18H2,1-4H3,(H,25,26);1H. The number of amides is 1. The number of carbonyl (C=O) groups excluding carboxylic acids is 1. The number of ether oxygens (including phenoxy) is 1. The van der Waals surface area contributed by atoms with E-state index in [9.17, 15) is 4.79 Å². The number of hydrogen-bond acceptors (Lipinski definition) is 4. The molecule has 2 aromatic carbocycles. The molecule has 0 saturated carbocycles. The van der Waals surface area contributed by atoms with Gasteiger partial charge < -0.3 is 24.8 Å². The number of anilines is 1. The summed E-state index contributed by atoms with van der Waals surface area (Å²) in [4.78, 5) is 23.2. The average Bonchev–Trinajstić information content (AvgIpc) is 2.81. The molecular formula is C24H34IN5O2. The summed E-state index contributed by atoms with van der Waals surface area (Å²) in [6.07, 6.45) is 0. The maximum atomic E-state index is 12.0. The lowest BCUT2D eigenvalue weighted by molar-refractivity contribution is 0.0827. The summed E-state index contributed by atoms with van der Waals surface area (Å²) in [5.41, 5.74) is 2.97. The van der Waals surface area contributed by atoms with E-state index in [1.54, 1.807) is 26.1 Å². The molecule has 7 nitrogen and oxygen atoms in total. The number of nitrogens with zero attached hydrogens (tertiary/aromatic N) is 4. The second-order valence-corrected chi connectivity index (χ2v) is 7.74. The number of aliphatic imine (C=N–C) groups is 1. The Bertz CT molecular complexity index is 894. The van der Waals surface area contributed by atoms with E-state index in [1.807, 2.05) is 36.4 Å². The van der Waals surface area contributed by atoms with Gasteiger partial charge in [0.2, 0.25) is 0 Å².